The first-order valence-corrected chi connectivity index (χ1v) is 39.7. The molecule has 0 aliphatic carbocycles. The van der Waals surface area contributed by atoms with Crippen LogP contribution in [0.25, 0.3) is 0 Å². The standard InChI is InChI=1S/C71H138O17P2/c1-9-64(8)50-42-34-28-30-36-44-52-69(74)82-58-66(87-70(75)53-45-37-25-21-19-17-15-13-11-10-12-14-16-18-20-23-31-39-47-61(2)3)59-85-89(77,78)83-55-65(72)56-84-90(79,80)86-60-67(88-71(76)54-46-38-29-27-33-41-49-63(6)7)57-81-68(73)51-43-35-26-22-24-32-40-48-62(4)5/h61-67,72H,9-60H2,1-8H3,(H,77,78)(H,79,80)/t64?,65?,66-,67-/m1/s1. The van der Waals surface area contributed by atoms with Gasteiger partial charge in [0.15, 0.2) is 12.2 Å². The van der Waals surface area contributed by atoms with Gasteiger partial charge in [-0.05, 0) is 49.4 Å². The molecule has 0 aliphatic heterocycles. The number of unbranched alkanes of at least 4 members (excludes halogenated alkanes) is 33. The smallest absolute Gasteiger partial charge is 0.462 e. The molecule has 0 fully saturated rings. The summed E-state index contributed by atoms with van der Waals surface area (Å²) in [6.07, 6.45) is 43.5. The van der Waals surface area contributed by atoms with Crippen LogP contribution in [0.15, 0.2) is 0 Å². The number of carbonyl (C=O) groups excluding carboxylic acids is 4. The molecular formula is C71H138O17P2. The van der Waals surface area contributed by atoms with Crippen molar-refractivity contribution in [3.63, 3.8) is 0 Å². The van der Waals surface area contributed by atoms with Crippen LogP contribution in [0.4, 0.5) is 0 Å². The van der Waals surface area contributed by atoms with Crippen molar-refractivity contribution in [1.82, 2.24) is 0 Å². The number of phosphoric acid groups is 2. The highest BCUT2D eigenvalue weighted by molar-refractivity contribution is 7.47. The van der Waals surface area contributed by atoms with Gasteiger partial charge in [0.25, 0.3) is 0 Å². The Labute approximate surface area is 549 Å². The normalized spacial score (nSPS) is 14.6. The third-order valence-electron chi connectivity index (χ3n) is 16.7. The molecule has 0 aromatic carbocycles. The maximum absolute atomic E-state index is 13.0. The second-order valence-electron chi connectivity index (χ2n) is 27.3. The number of phosphoric ester groups is 2. The Bertz CT molecular complexity index is 1780. The molecular weight excluding hydrogens is 1190 g/mol. The van der Waals surface area contributed by atoms with E-state index in [-0.39, 0.29) is 25.7 Å². The number of hydrogen-bond acceptors (Lipinski definition) is 15. The fourth-order valence-corrected chi connectivity index (χ4v) is 12.2. The van der Waals surface area contributed by atoms with Gasteiger partial charge in [-0.25, -0.2) is 9.13 Å². The number of carbonyl (C=O) groups is 4. The van der Waals surface area contributed by atoms with Crippen molar-refractivity contribution in [2.75, 3.05) is 39.6 Å². The van der Waals surface area contributed by atoms with Gasteiger partial charge in [-0.1, -0.05) is 299 Å². The van der Waals surface area contributed by atoms with E-state index in [1.54, 1.807) is 0 Å². The summed E-state index contributed by atoms with van der Waals surface area (Å²) in [6, 6.07) is 0. The average molecular weight is 1330 g/mol. The molecule has 0 heterocycles. The molecule has 0 aromatic heterocycles. The van der Waals surface area contributed by atoms with Crippen molar-refractivity contribution in [1.29, 1.82) is 0 Å². The van der Waals surface area contributed by atoms with Crippen molar-refractivity contribution in [2.45, 2.75) is 369 Å². The fraction of sp³-hybridized carbons (Fsp3) is 0.944. The highest BCUT2D eigenvalue weighted by Gasteiger charge is 2.30. The summed E-state index contributed by atoms with van der Waals surface area (Å²) < 4.78 is 68.2. The number of aliphatic hydroxyl groups is 1. The minimum atomic E-state index is -4.95. The summed E-state index contributed by atoms with van der Waals surface area (Å²) in [7, 11) is -9.90. The second-order valence-corrected chi connectivity index (χ2v) is 30.2. The van der Waals surface area contributed by atoms with Crippen molar-refractivity contribution in [3.05, 3.63) is 0 Å². The number of esters is 4. The van der Waals surface area contributed by atoms with Gasteiger partial charge in [-0.2, -0.15) is 0 Å². The van der Waals surface area contributed by atoms with E-state index in [9.17, 15) is 43.2 Å². The van der Waals surface area contributed by atoms with Crippen LogP contribution in [-0.2, 0) is 65.4 Å². The lowest BCUT2D eigenvalue weighted by Crippen LogP contribution is -2.30. The summed E-state index contributed by atoms with van der Waals surface area (Å²) >= 11 is 0. The van der Waals surface area contributed by atoms with Gasteiger partial charge in [-0.3, -0.25) is 37.3 Å². The van der Waals surface area contributed by atoms with Gasteiger partial charge in [0, 0.05) is 25.7 Å². The molecule has 0 rings (SSSR count). The molecule has 19 heteroatoms. The highest BCUT2D eigenvalue weighted by Crippen LogP contribution is 2.45. The molecule has 0 saturated heterocycles. The lowest BCUT2D eigenvalue weighted by molar-refractivity contribution is -0.161. The predicted molar refractivity (Wildman–Crippen MR) is 363 cm³/mol. The van der Waals surface area contributed by atoms with Crippen LogP contribution in [0.2, 0.25) is 0 Å². The van der Waals surface area contributed by atoms with Gasteiger partial charge in [0.1, 0.15) is 19.3 Å². The highest BCUT2D eigenvalue weighted by atomic mass is 31.2. The lowest BCUT2D eigenvalue weighted by atomic mass is 10.00. The molecule has 0 saturated carbocycles. The van der Waals surface area contributed by atoms with Crippen LogP contribution in [0, 0.1) is 23.7 Å². The molecule has 0 aliphatic rings. The number of ether oxygens (including phenoxy) is 4. The molecule has 0 aromatic rings. The Hall–Kier alpha value is -1.94. The van der Waals surface area contributed by atoms with Crippen LogP contribution in [0.3, 0.4) is 0 Å². The molecule has 90 heavy (non-hydrogen) atoms. The molecule has 534 valence electrons. The van der Waals surface area contributed by atoms with Crippen molar-refractivity contribution >= 4 is 39.5 Å². The zero-order chi connectivity index (χ0) is 66.8. The SMILES string of the molecule is CCC(C)CCCCCCCCC(=O)OC[C@H](COP(=O)(O)OCC(O)COP(=O)(O)OC[C@@H](COC(=O)CCCCCCCCCC(C)C)OC(=O)CCCCCCCCC(C)C)OC(=O)CCCCCCCCCCCCCCCCCCCCC(C)C. The molecule has 0 spiro atoms. The van der Waals surface area contributed by atoms with E-state index in [0.717, 1.165) is 115 Å². The Kier molecular flexibility index (Phi) is 59.4. The van der Waals surface area contributed by atoms with Crippen LogP contribution < -0.4 is 0 Å². The zero-order valence-corrected chi connectivity index (χ0v) is 60.6. The van der Waals surface area contributed by atoms with E-state index in [1.165, 1.54) is 141 Å². The van der Waals surface area contributed by atoms with Crippen LogP contribution in [0.5, 0.6) is 0 Å². The summed E-state index contributed by atoms with van der Waals surface area (Å²) in [6.45, 7) is 14.0. The third-order valence-corrected chi connectivity index (χ3v) is 18.6. The van der Waals surface area contributed by atoms with E-state index in [4.69, 9.17) is 37.0 Å². The minimum absolute atomic E-state index is 0.101. The fourth-order valence-electron chi connectivity index (χ4n) is 10.6. The van der Waals surface area contributed by atoms with Crippen LogP contribution >= 0.6 is 15.6 Å². The predicted octanol–water partition coefficient (Wildman–Crippen LogP) is 20.1. The topological polar surface area (TPSA) is 237 Å². The summed E-state index contributed by atoms with van der Waals surface area (Å²) in [5, 5.41) is 10.6. The molecule has 0 amide bonds. The maximum atomic E-state index is 13.0. The lowest BCUT2D eigenvalue weighted by Gasteiger charge is -2.21. The van der Waals surface area contributed by atoms with Crippen LogP contribution in [0.1, 0.15) is 351 Å². The number of hydrogen-bond donors (Lipinski definition) is 3. The first-order chi connectivity index (χ1) is 43.1. The van der Waals surface area contributed by atoms with Gasteiger partial charge in [0.05, 0.1) is 26.4 Å². The summed E-state index contributed by atoms with van der Waals surface area (Å²) in [4.78, 5) is 72.4. The first kappa shape index (κ1) is 88.1. The average Bonchev–Trinajstić information content (AvgIpc) is 3.65. The number of rotatable bonds is 68. The Morgan fingerprint density at radius 1 is 0.311 bits per heavy atom. The molecule has 4 unspecified atom stereocenters. The Morgan fingerprint density at radius 2 is 0.533 bits per heavy atom. The molecule has 0 bridgehead atoms. The molecule has 6 atom stereocenters. The van der Waals surface area contributed by atoms with Gasteiger partial charge in [-0.15, -0.1) is 0 Å². The monoisotopic (exact) mass is 1320 g/mol. The Morgan fingerprint density at radius 3 is 0.789 bits per heavy atom. The van der Waals surface area contributed by atoms with Crippen molar-refractivity contribution in [2.24, 2.45) is 23.7 Å². The van der Waals surface area contributed by atoms with Gasteiger partial charge in [0.2, 0.25) is 0 Å². The maximum Gasteiger partial charge on any atom is 0.472 e. The summed E-state index contributed by atoms with van der Waals surface area (Å²) in [5.74, 6) is 0.790. The van der Waals surface area contributed by atoms with E-state index in [2.05, 4.69) is 55.4 Å². The zero-order valence-electron chi connectivity index (χ0n) is 58.8. The van der Waals surface area contributed by atoms with E-state index in [0.29, 0.717) is 37.5 Å². The molecule has 3 N–H and O–H groups in total. The van der Waals surface area contributed by atoms with E-state index in [1.807, 2.05) is 0 Å². The quantitative estimate of drug-likeness (QED) is 0.0222. The minimum Gasteiger partial charge on any atom is -0.462 e. The number of aliphatic hydroxyl groups excluding tert-OH is 1. The Balaban J connectivity index is 5.15. The molecule has 0 radical (unpaired) electrons. The largest absolute Gasteiger partial charge is 0.472 e. The van der Waals surface area contributed by atoms with E-state index >= 15 is 0 Å². The molecule has 17 nitrogen and oxygen atoms in total. The van der Waals surface area contributed by atoms with Crippen LogP contribution in [-0.4, -0.2) is 96.7 Å². The van der Waals surface area contributed by atoms with Crippen molar-refractivity contribution in [3.8, 4) is 0 Å². The van der Waals surface area contributed by atoms with Gasteiger partial charge >= 0.3 is 39.5 Å². The van der Waals surface area contributed by atoms with E-state index < -0.39 is 97.5 Å². The third kappa shape index (κ3) is 63.5. The second kappa shape index (κ2) is 60.7. The first-order valence-electron chi connectivity index (χ1n) is 36.7. The van der Waals surface area contributed by atoms with Crippen molar-refractivity contribution < 1.29 is 80.2 Å². The van der Waals surface area contributed by atoms with Gasteiger partial charge < -0.3 is 33.8 Å². The summed E-state index contributed by atoms with van der Waals surface area (Å²) in [5.41, 5.74) is 0.